The molecule has 0 radical (unpaired) electrons. The van der Waals surface area contributed by atoms with E-state index in [1.807, 2.05) is 20.8 Å². The monoisotopic (exact) mass is 371 g/mol. The third kappa shape index (κ3) is 2.98. The van der Waals surface area contributed by atoms with Gasteiger partial charge in [0.2, 0.25) is 11.4 Å². The summed E-state index contributed by atoms with van der Waals surface area (Å²) in [5, 5.41) is 18.1. The van der Waals surface area contributed by atoms with Crippen molar-refractivity contribution in [3.63, 3.8) is 0 Å². The molecule has 142 valence electrons. The highest BCUT2D eigenvalue weighted by atomic mass is 16.3. The summed E-state index contributed by atoms with van der Waals surface area (Å²) in [7, 11) is 0. The number of pyridine rings is 1. The van der Waals surface area contributed by atoms with Crippen LogP contribution < -0.4 is 16.4 Å². The van der Waals surface area contributed by atoms with Gasteiger partial charge in [0.05, 0.1) is 5.39 Å². The van der Waals surface area contributed by atoms with Crippen LogP contribution in [0.15, 0.2) is 21.7 Å². The summed E-state index contributed by atoms with van der Waals surface area (Å²) in [5.41, 5.74) is -0.970. The predicted octanol–water partition coefficient (Wildman–Crippen LogP) is 0.981. The molecule has 1 aliphatic carbocycles. The van der Waals surface area contributed by atoms with Gasteiger partial charge in [0.25, 0.3) is 11.5 Å². The van der Waals surface area contributed by atoms with Gasteiger partial charge >= 0.3 is 0 Å². The van der Waals surface area contributed by atoms with Crippen molar-refractivity contribution in [3.05, 3.63) is 38.4 Å². The molecule has 3 aromatic rings. The number of nitrogens with zero attached hydrogens (tertiary/aromatic N) is 3. The van der Waals surface area contributed by atoms with Gasteiger partial charge in [-0.15, -0.1) is 5.10 Å². The highest BCUT2D eigenvalue weighted by Crippen LogP contribution is 2.26. The Morgan fingerprint density at radius 1 is 1.33 bits per heavy atom. The summed E-state index contributed by atoms with van der Waals surface area (Å²) >= 11 is 0. The number of hydrogen-bond donors (Lipinski definition) is 3. The first-order valence-electron chi connectivity index (χ1n) is 8.84. The van der Waals surface area contributed by atoms with Gasteiger partial charge in [-0.25, -0.2) is 0 Å². The number of rotatable bonds is 3. The first-order chi connectivity index (χ1) is 12.7. The second-order valence-corrected chi connectivity index (χ2v) is 8.22. The van der Waals surface area contributed by atoms with E-state index < -0.39 is 17.3 Å². The average Bonchev–Trinajstić information content (AvgIpc) is 3.28. The molecule has 0 atom stereocenters. The van der Waals surface area contributed by atoms with E-state index in [0.717, 1.165) is 17.4 Å². The molecule has 0 spiro atoms. The van der Waals surface area contributed by atoms with Crippen molar-refractivity contribution in [1.29, 1.82) is 0 Å². The normalized spacial score (nSPS) is 14.8. The third-order valence-electron chi connectivity index (χ3n) is 4.45. The van der Waals surface area contributed by atoms with E-state index >= 15 is 0 Å². The molecule has 3 heterocycles. The zero-order chi connectivity index (χ0) is 19.5. The Kier molecular flexibility index (Phi) is 3.66. The van der Waals surface area contributed by atoms with Crippen LogP contribution in [0.1, 0.15) is 44.0 Å². The Morgan fingerprint density at radius 3 is 2.67 bits per heavy atom. The molecule has 0 unspecified atom stereocenters. The quantitative estimate of drug-likeness (QED) is 0.634. The lowest BCUT2D eigenvalue weighted by Crippen LogP contribution is -2.37. The minimum Gasteiger partial charge on any atom is -0.492 e. The van der Waals surface area contributed by atoms with Gasteiger partial charge in [-0.1, -0.05) is 20.8 Å². The zero-order valence-corrected chi connectivity index (χ0v) is 15.4. The molecule has 1 saturated carbocycles. The van der Waals surface area contributed by atoms with Crippen molar-refractivity contribution >= 4 is 22.6 Å². The maximum absolute atomic E-state index is 13.2. The first-order valence-corrected chi connectivity index (χ1v) is 8.84. The average molecular weight is 371 g/mol. The molecule has 9 nitrogen and oxygen atoms in total. The minimum absolute atomic E-state index is 0.0381. The number of aromatic hydroxyl groups is 1. The molecule has 3 aromatic heterocycles. The maximum atomic E-state index is 13.2. The number of fused-ring (bicyclic) bond motifs is 3. The lowest BCUT2D eigenvalue weighted by molar-refractivity contribution is 0.0944. The van der Waals surface area contributed by atoms with Crippen molar-refractivity contribution in [3.8, 4) is 5.88 Å². The fraction of sp³-hybridized carbons (Fsp3) is 0.444. The summed E-state index contributed by atoms with van der Waals surface area (Å²) in [6, 6.07) is 2.93. The van der Waals surface area contributed by atoms with E-state index in [4.69, 9.17) is 0 Å². The topological polar surface area (TPSA) is 121 Å². The van der Waals surface area contributed by atoms with E-state index in [1.54, 1.807) is 6.07 Å². The number of aromatic nitrogens is 4. The van der Waals surface area contributed by atoms with Crippen LogP contribution in [-0.4, -0.2) is 36.2 Å². The largest absolute Gasteiger partial charge is 0.492 e. The summed E-state index contributed by atoms with van der Waals surface area (Å²) in [4.78, 5) is 40.0. The van der Waals surface area contributed by atoms with Crippen LogP contribution in [-0.2, 0) is 6.54 Å². The van der Waals surface area contributed by atoms with Gasteiger partial charge in [0.1, 0.15) is 0 Å². The van der Waals surface area contributed by atoms with Gasteiger partial charge < -0.3 is 15.4 Å². The highest BCUT2D eigenvalue weighted by Gasteiger charge is 2.30. The molecular formula is C18H21N5O4. The first kappa shape index (κ1) is 17.3. The molecule has 0 saturated heterocycles. The van der Waals surface area contributed by atoms with Crippen LogP contribution in [0.3, 0.4) is 0 Å². The Labute approximate surface area is 153 Å². The van der Waals surface area contributed by atoms with Crippen LogP contribution in [0.5, 0.6) is 5.88 Å². The number of H-pyrrole nitrogens is 1. The Balaban J connectivity index is 2.07. The Hall–Kier alpha value is -3.10. The van der Waals surface area contributed by atoms with E-state index in [9.17, 15) is 19.5 Å². The molecule has 0 bridgehead atoms. The second kappa shape index (κ2) is 5.70. The van der Waals surface area contributed by atoms with Crippen molar-refractivity contribution < 1.29 is 9.90 Å². The predicted molar refractivity (Wildman–Crippen MR) is 99.2 cm³/mol. The van der Waals surface area contributed by atoms with Gasteiger partial charge in [-0.2, -0.15) is 4.52 Å². The van der Waals surface area contributed by atoms with Gasteiger partial charge in [-0.3, -0.25) is 19.0 Å². The Morgan fingerprint density at radius 2 is 2.04 bits per heavy atom. The molecule has 9 heteroatoms. The van der Waals surface area contributed by atoms with Crippen molar-refractivity contribution in [1.82, 2.24) is 24.5 Å². The number of aromatic amines is 1. The van der Waals surface area contributed by atoms with Gasteiger partial charge in [-0.05, 0) is 24.3 Å². The lowest BCUT2D eigenvalue weighted by atomic mass is 9.96. The summed E-state index contributed by atoms with van der Waals surface area (Å²) in [5.74, 6) is -1.15. The molecule has 1 fully saturated rings. The molecule has 3 N–H and O–H groups in total. The van der Waals surface area contributed by atoms with Crippen LogP contribution in [0.25, 0.3) is 16.7 Å². The fourth-order valence-electron chi connectivity index (χ4n) is 3.13. The van der Waals surface area contributed by atoms with E-state index in [0.29, 0.717) is 17.6 Å². The van der Waals surface area contributed by atoms with Crippen molar-refractivity contribution in [2.24, 2.45) is 5.41 Å². The van der Waals surface area contributed by atoms with Crippen LogP contribution >= 0.6 is 0 Å². The van der Waals surface area contributed by atoms with Crippen LogP contribution in [0.4, 0.5) is 0 Å². The SMILES string of the molecule is CC(C)(C)Cn1c(=O)c(C(=O)NC2CC2)c(O)n2nc3[nH]c(=O)ccc3c12. The smallest absolute Gasteiger partial charge is 0.270 e. The molecule has 27 heavy (non-hydrogen) atoms. The highest BCUT2D eigenvalue weighted by molar-refractivity contribution is 5.98. The number of carbonyl (C=O) groups excluding carboxylic acids is 1. The molecule has 4 rings (SSSR count). The van der Waals surface area contributed by atoms with E-state index in [-0.39, 0.29) is 28.2 Å². The third-order valence-corrected chi connectivity index (χ3v) is 4.45. The summed E-state index contributed by atoms with van der Waals surface area (Å²) in [6.07, 6.45) is 1.72. The molecule has 0 aliphatic heterocycles. The van der Waals surface area contributed by atoms with Crippen molar-refractivity contribution in [2.75, 3.05) is 0 Å². The molecule has 0 aromatic carbocycles. The van der Waals surface area contributed by atoms with Crippen molar-refractivity contribution in [2.45, 2.75) is 46.2 Å². The summed E-state index contributed by atoms with van der Waals surface area (Å²) < 4.78 is 2.59. The second-order valence-electron chi connectivity index (χ2n) is 8.22. The van der Waals surface area contributed by atoms with E-state index in [1.165, 1.54) is 10.6 Å². The fourth-order valence-corrected chi connectivity index (χ4v) is 3.13. The van der Waals surface area contributed by atoms with Crippen LogP contribution in [0, 0.1) is 5.41 Å². The number of hydrogen-bond acceptors (Lipinski definition) is 5. The molecule has 1 aliphatic rings. The summed E-state index contributed by atoms with van der Waals surface area (Å²) in [6.45, 7) is 6.20. The van der Waals surface area contributed by atoms with Gasteiger partial charge in [0.15, 0.2) is 16.9 Å². The Bertz CT molecular complexity index is 1190. The maximum Gasteiger partial charge on any atom is 0.270 e. The standard InChI is InChI=1S/C18H21N5O4/c1-18(2,3)8-22-15-10-6-7-11(24)20-13(10)21-23(15)17(27)12(16(22)26)14(25)19-9-4-5-9/h6-7,9,27H,4-5,8H2,1-3H3,(H,19,25)(H,20,21,24). The lowest BCUT2D eigenvalue weighted by Gasteiger charge is -2.21. The zero-order valence-electron chi connectivity index (χ0n) is 15.4. The number of nitrogens with one attached hydrogen (secondary N) is 2. The van der Waals surface area contributed by atoms with Gasteiger partial charge in [0, 0.05) is 18.7 Å². The van der Waals surface area contributed by atoms with E-state index in [2.05, 4.69) is 15.4 Å². The number of amides is 1. The molecule has 1 amide bonds. The number of carbonyl (C=O) groups is 1. The van der Waals surface area contributed by atoms with Crippen LogP contribution in [0.2, 0.25) is 0 Å². The molecular weight excluding hydrogens is 350 g/mol. The minimum atomic E-state index is -0.613.